The van der Waals surface area contributed by atoms with Gasteiger partial charge < -0.3 is 10.6 Å². The van der Waals surface area contributed by atoms with Crippen molar-refractivity contribution in [1.82, 2.24) is 15.1 Å². The van der Waals surface area contributed by atoms with E-state index in [1.165, 1.54) is 0 Å². The van der Waals surface area contributed by atoms with Crippen LogP contribution in [0.5, 0.6) is 0 Å². The molecule has 1 amide bonds. The largest absolute Gasteiger partial charge is 0.368 e. The standard InChI is InChI=1S/C16H23N5O/c1-11-13(16(20(2)3)21(4)19-11)10-18-14(15(17)22)12-8-6-5-7-9-12/h5-9,14,18H,10H2,1-4H3,(H2,17,22)/t14-/m0/s1. The van der Waals surface area contributed by atoms with Gasteiger partial charge in [0.25, 0.3) is 0 Å². The van der Waals surface area contributed by atoms with Crippen LogP contribution in [0.25, 0.3) is 0 Å². The molecule has 6 nitrogen and oxygen atoms in total. The fourth-order valence-electron chi connectivity index (χ4n) is 2.69. The van der Waals surface area contributed by atoms with Crippen molar-refractivity contribution in [3.05, 3.63) is 47.2 Å². The van der Waals surface area contributed by atoms with Crippen LogP contribution in [-0.2, 0) is 18.4 Å². The van der Waals surface area contributed by atoms with Crippen molar-refractivity contribution in [2.24, 2.45) is 12.8 Å². The SMILES string of the molecule is Cc1nn(C)c(N(C)C)c1CN[C@H](C(N)=O)c1ccccc1. The van der Waals surface area contributed by atoms with Crippen LogP contribution >= 0.6 is 0 Å². The molecule has 2 aromatic rings. The first-order valence-electron chi connectivity index (χ1n) is 7.19. The second kappa shape index (κ2) is 6.62. The lowest BCUT2D eigenvalue weighted by atomic mass is 10.1. The number of rotatable bonds is 6. The van der Waals surface area contributed by atoms with Crippen LogP contribution in [0.4, 0.5) is 5.82 Å². The van der Waals surface area contributed by atoms with Crippen LogP contribution in [0.15, 0.2) is 30.3 Å². The van der Waals surface area contributed by atoms with Crippen LogP contribution in [0.3, 0.4) is 0 Å². The number of nitrogens with one attached hydrogen (secondary N) is 1. The molecule has 0 saturated carbocycles. The van der Waals surface area contributed by atoms with Crippen LogP contribution in [0.2, 0.25) is 0 Å². The molecule has 1 aromatic carbocycles. The maximum atomic E-state index is 11.8. The molecule has 0 fully saturated rings. The Kier molecular flexibility index (Phi) is 4.82. The average Bonchev–Trinajstić information content (AvgIpc) is 2.74. The Hall–Kier alpha value is -2.34. The Bertz CT molecular complexity index is 648. The predicted octanol–water partition coefficient (Wildman–Crippen LogP) is 1.11. The van der Waals surface area contributed by atoms with Crippen LogP contribution in [0, 0.1) is 6.92 Å². The molecule has 0 aliphatic rings. The maximum absolute atomic E-state index is 11.8. The van der Waals surface area contributed by atoms with Gasteiger partial charge in [0, 0.05) is 33.3 Å². The van der Waals surface area contributed by atoms with E-state index in [-0.39, 0.29) is 5.91 Å². The summed E-state index contributed by atoms with van der Waals surface area (Å²) < 4.78 is 1.84. The van der Waals surface area contributed by atoms with Gasteiger partial charge in [0.1, 0.15) is 11.9 Å². The topological polar surface area (TPSA) is 76.2 Å². The van der Waals surface area contributed by atoms with Crippen molar-refractivity contribution in [2.75, 3.05) is 19.0 Å². The molecule has 0 unspecified atom stereocenters. The van der Waals surface area contributed by atoms with E-state index in [4.69, 9.17) is 5.73 Å². The van der Waals surface area contributed by atoms with Crippen molar-refractivity contribution < 1.29 is 4.79 Å². The number of benzene rings is 1. The average molecular weight is 301 g/mol. The van der Waals surface area contributed by atoms with Crippen molar-refractivity contribution >= 4 is 11.7 Å². The van der Waals surface area contributed by atoms with Gasteiger partial charge >= 0.3 is 0 Å². The van der Waals surface area contributed by atoms with E-state index in [2.05, 4.69) is 10.4 Å². The van der Waals surface area contributed by atoms with Gasteiger partial charge in [0.15, 0.2) is 0 Å². The smallest absolute Gasteiger partial charge is 0.239 e. The number of primary amides is 1. The number of aromatic nitrogens is 2. The second-order valence-electron chi connectivity index (χ2n) is 5.53. The predicted molar refractivity (Wildman–Crippen MR) is 87.5 cm³/mol. The van der Waals surface area contributed by atoms with Crippen molar-refractivity contribution in [3.8, 4) is 0 Å². The highest BCUT2D eigenvalue weighted by molar-refractivity contribution is 5.81. The van der Waals surface area contributed by atoms with Crippen molar-refractivity contribution in [2.45, 2.75) is 19.5 Å². The molecule has 0 bridgehead atoms. The van der Waals surface area contributed by atoms with Gasteiger partial charge in [0.05, 0.1) is 5.69 Å². The molecule has 118 valence electrons. The first-order valence-corrected chi connectivity index (χ1v) is 7.19. The fourth-order valence-corrected chi connectivity index (χ4v) is 2.69. The van der Waals surface area contributed by atoms with Gasteiger partial charge in [-0.15, -0.1) is 0 Å². The summed E-state index contributed by atoms with van der Waals surface area (Å²) in [6, 6.07) is 8.98. The Morgan fingerprint density at radius 2 is 2.00 bits per heavy atom. The molecule has 1 atom stereocenters. The normalized spacial score (nSPS) is 12.2. The van der Waals surface area contributed by atoms with Crippen molar-refractivity contribution in [3.63, 3.8) is 0 Å². The second-order valence-corrected chi connectivity index (χ2v) is 5.53. The van der Waals surface area contributed by atoms with E-state index in [0.29, 0.717) is 6.54 Å². The van der Waals surface area contributed by atoms with E-state index in [1.54, 1.807) is 0 Å². The molecule has 22 heavy (non-hydrogen) atoms. The van der Waals surface area contributed by atoms with Crippen molar-refractivity contribution in [1.29, 1.82) is 0 Å². The number of amides is 1. The number of aryl methyl sites for hydroxylation is 2. The maximum Gasteiger partial charge on any atom is 0.239 e. The zero-order chi connectivity index (χ0) is 16.3. The molecule has 3 N–H and O–H groups in total. The molecule has 0 spiro atoms. The Morgan fingerprint density at radius 1 is 1.36 bits per heavy atom. The van der Waals surface area contributed by atoms with Crippen LogP contribution in [-0.4, -0.2) is 29.8 Å². The monoisotopic (exact) mass is 301 g/mol. The number of nitrogens with zero attached hydrogens (tertiary/aromatic N) is 3. The van der Waals surface area contributed by atoms with Gasteiger partial charge in [-0.05, 0) is 12.5 Å². The summed E-state index contributed by atoms with van der Waals surface area (Å²) in [5.41, 5.74) is 8.41. The Morgan fingerprint density at radius 3 is 2.55 bits per heavy atom. The van der Waals surface area contributed by atoms with Gasteiger partial charge in [0.2, 0.25) is 5.91 Å². The molecule has 2 rings (SSSR count). The number of hydrogen-bond acceptors (Lipinski definition) is 4. The van der Waals surface area contributed by atoms with E-state index in [0.717, 1.165) is 22.6 Å². The molecular weight excluding hydrogens is 278 g/mol. The fraction of sp³-hybridized carbons (Fsp3) is 0.375. The molecule has 1 aromatic heterocycles. The molecular formula is C16H23N5O. The summed E-state index contributed by atoms with van der Waals surface area (Å²) in [5.74, 6) is 0.625. The molecule has 6 heteroatoms. The lowest BCUT2D eigenvalue weighted by Gasteiger charge is -2.19. The molecule has 0 saturated heterocycles. The molecule has 0 aliphatic carbocycles. The summed E-state index contributed by atoms with van der Waals surface area (Å²) in [6.45, 7) is 2.49. The third-order valence-corrected chi connectivity index (χ3v) is 3.64. The lowest BCUT2D eigenvalue weighted by Crippen LogP contribution is -2.33. The number of carbonyl (C=O) groups excluding carboxylic acids is 1. The third kappa shape index (κ3) is 3.28. The summed E-state index contributed by atoms with van der Waals surface area (Å²) >= 11 is 0. The number of anilines is 1. The van der Waals surface area contributed by atoms with Gasteiger partial charge in [-0.2, -0.15) is 5.10 Å². The highest BCUT2D eigenvalue weighted by Gasteiger charge is 2.20. The first-order chi connectivity index (χ1) is 10.4. The number of nitrogens with two attached hydrogens (primary N) is 1. The Balaban J connectivity index is 2.23. The van der Waals surface area contributed by atoms with E-state index in [1.807, 2.05) is 68.0 Å². The highest BCUT2D eigenvalue weighted by Crippen LogP contribution is 2.22. The number of hydrogen-bond donors (Lipinski definition) is 2. The van der Waals surface area contributed by atoms with E-state index < -0.39 is 6.04 Å². The zero-order valence-corrected chi connectivity index (χ0v) is 13.5. The Labute approximate surface area is 130 Å². The third-order valence-electron chi connectivity index (χ3n) is 3.64. The lowest BCUT2D eigenvalue weighted by molar-refractivity contribution is -0.120. The van der Waals surface area contributed by atoms with Crippen LogP contribution < -0.4 is 16.0 Å². The summed E-state index contributed by atoms with van der Waals surface area (Å²) in [4.78, 5) is 13.8. The number of carbonyl (C=O) groups is 1. The van der Waals surface area contributed by atoms with Gasteiger partial charge in [-0.25, -0.2) is 0 Å². The van der Waals surface area contributed by atoms with E-state index in [9.17, 15) is 4.79 Å². The highest BCUT2D eigenvalue weighted by atomic mass is 16.1. The first kappa shape index (κ1) is 16.0. The van der Waals surface area contributed by atoms with E-state index >= 15 is 0 Å². The molecule has 0 radical (unpaired) electrons. The van der Waals surface area contributed by atoms with Gasteiger partial charge in [-0.3, -0.25) is 14.8 Å². The quantitative estimate of drug-likeness (QED) is 0.838. The zero-order valence-electron chi connectivity index (χ0n) is 13.5. The molecule has 0 aliphatic heterocycles. The molecule has 1 heterocycles. The summed E-state index contributed by atoms with van der Waals surface area (Å²) in [7, 11) is 5.86. The van der Waals surface area contributed by atoms with Gasteiger partial charge in [-0.1, -0.05) is 30.3 Å². The minimum absolute atomic E-state index is 0.390. The van der Waals surface area contributed by atoms with Crippen LogP contribution in [0.1, 0.15) is 22.9 Å². The minimum Gasteiger partial charge on any atom is -0.368 e. The summed E-state index contributed by atoms with van der Waals surface area (Å²) in [5, 5.41) is 7.69. The minimum atomic E-state index is -0.518. The summed E-state index contributed by atoms with van der Waals surface area (Å²) in [6.07, 6.45) is 0.